The first-order valence-electron chi connectivity index (χ1n) is 6.46. The number of benzene rings is 1. The number of nitrogens with one attached hydrogen (secondary N) is 1. The van der Waals surface area contributed by atoms with Gasteiger partial charge in [-0.15, -0.1) is 24.0 Å². The fourth-order valence-corrected chi connectivity index (χ4v) is 1.96. The average Bonchev–Trinajstić information content (AvgIpc) is 2.33. The van der Waals surface area contributed by atoms with E-state index in [1.165, 1.54) is 6.07 Å². The Balaban J connectivity index is 0.00000361. The van der Waals surface area contributed by atoms with Crippen LogP contribution >= 0.6 is 39.9 Å². The van der Waals surface area contributed by atoms with Gasteiger partial charge in [0.1, 0.15) is 5.82 Å². The number of nitrogens with two attached hydrogens (primary N) is 1. The van der Waals surface area contributed by atoms with Crippen molar-refractivity contribution in [1.82, 2.24) is 5.32 Å². The number of hydrogen-bond acceptors (Lipinski definition) is 1. The second-order valence-corrected chi connectivity index (χ2v) is 5.73. The lowest BCUT2D eigenvalue weighted by Crippen LogP contribution is -2.33. The zero-order valence-corrected chi connectivity index (χ0v) is 15.7. The van der Waals surface area contributed by atoms with Crippen LogP contribution in [0.2, 0.25) is 0 Å². The molecule has 0 aliphatic carbocycles. The van der Waals surface area contributed by atoms with Crippen LogP contribution in [0, 0.1) is 11.7 Å². The van der Waals surface area contributed by atoms with Gasteiger partial charge in [0.2, 0.25) is 0 Å². The second kappa shape index (κ2) is 10.4. The fourth-order valence-electron chi connectivity index (χ4n) is 1.53. The van der Waals surface area contributed by atoms with Crippen LogP contribution in [0.25, 0.3) is 0 Å². The molecule has 3 N–H and O–H groups in total. The van der Waals surface area contributed by atoms with Crippen LogP contribution in [0.15, 0.2) is 27.7 Å². The molecule has 0 aliphatic heterocycles. The van der Waals surface area contributed by atoms with E-state index in [0.29, 0.717) is 22.9 Å². The highest BCUT2D eigenvalue weighted by Gasteiger charge is 2.00. The molecule has 0 saturated heterocycles. The molecule has 1 aromatic rings. The van der Waals surface area contributed by atoms with Gasteiger partial charge < -0.3 is 11.1 Å². The molecular weight excluding hydrogens is 436 g/mol. The topological polar surface area (TPSA) is 50.4 Å². The number of guanidine groups is 1. The Bertz CT molecular complexity index is 438. The minimum absolute atomic E-state index is 0. The van der Waals surface area contributed by atoms with Gasteiger partial charge in [-0.25, -0.2) is 4.39 Å². The summed E-state index contributed by atoms with van der Waals surface area (Å²) in [5.74, 6) is 0.862. The first-order chi connectivity index (χ1) is 8.99. The van der Waals surface area contributed by atoms with Crippen molar-refractivity contribution >= 4 is 45.9 Å². The van der Waals surface area contributed by atoms with Crippen LogP contribution in [0.4, 0.5) is 4.39 Å². The summed E-state index contributed by atoms with van der Waals surface area (Å²) in [6.45, 7) is 5.75. The maximum atomic E-state index is 13.1. The number of aliphatic imine (C=N–C) groups is 1. The van der Waals surface area contributed by atoms with Crippen LogP contribution < -0.4 is 11.1 Å². The predicted molar refractivity (Wildman–Crippen MR) is 97.2 cm³/mol. The van der Waals surface area contributed by atoms with E-state index in [-0.39, 0.29) is 29.8 Å². The molecule has 0 unspecified atom stereocenters. The Morgan fingerprint density at radius 3 is 2.75 bits per heavy atom. The normalized spacial score (nSPS) is 11.3. The fraction of sp³-hybridized carbons (Fsp3) is 0.500. The summed E-state index contributed by atoms with van der Waals surface area (Å²) in [6.07, 6.45) is 1.81. The maximum absolute atomic E-state index is 13.1. The zero-order chi connectivity index (χ0) is 14.3. The smallest absolute Gasteiger partial charge is 0.188 e. The van der Waals surface area contributed by atoms with E-state index in [1.807, 2.05) is 0 Å². The van der Waals surface area contributed by atoms with Gasteiger partial charge in [0.05, 0.1) is 4.47 Å². The molecular formula is C14H22BrFIN3. The minimum Gasteiger partial charge on any atom is -0.370 e. The van der Waals surface area contributed by atoms with E-state index < -0.39 is 0 Å². The monoisotopic (exact) mass is 457 g/mol. The molecule has 0 heterocycles. The zero-order valence-electron chi connectivity index (χ0n) is 11.8. The van der Waals surface area contributed by atoms with Crippen molar-refractivity contribution < 1.29 is 4.39 Å². The first-order valence-corrected chi connectivity index (χ1v) is 7.26. The molecule has 114 valence electrons. The van der Waals surface area contributed by atoms with E-state index in [2.05, 4.69) is 40.1 Å². The van der Waals surface area contributed by atoms with Crippen LogP contribution in [-0.2, 0) is 6.42 Å². The summed E-state index contributed by atoms with van der Waals surface area (Å²) < 4.78 is 13.5. The molecule has 6 heteroatoms. The summed E-state index contributed by atoms with van der Waals surface area (Å²) in [6, 6.07) is 5.01. The van der Waals surface area contributed by atoms with E-state index in [4.69, 9.17) is 5.73 Å². The molecule has 0 aliphatic rings. The molecule has 0 saturated carbocycles. The Hall–Kier alpha value is -0.370. The Morgan fingerprint density at radius 2 is 2.15 bits per heavy atom. The molecule has 3 nitrogen and oxygen atoms in total. The molecule has 1 aromatic carbocycles. The molecule has 1 rings (SSSR count). The molecule has 0 spiro atoms. The van der Waals surface area contributed by atoms with Gasteiger partial charge in [-0.3, -0.25) is 4.99 Å². The van der Waals surface area contributed by atoms with Gasteiger partial charge in [0, 0.05) is 13.1 Å². The standard InChI is InChI=1S/C14H21BrFN3.HI/c1-10(2)5-7-18-14(17)19-8-6-11-3-4-13(16)12(15)9-11;/h3-4,9-10H,5-8H2,1-2H3,(H3,17,18,19);1H. The Kier molecular flexibility index (Phi) is 10.2. The molecule has 20 heavy (non-hydrogen) atoms. The van der Waals surface area contributed by atoms with Gasteiger partial charge in [0.25, 0.3) is 0 Å². The van der Waals surface area contributed by atoms with Crippen molar-refractivity contribution in [2.24, 2.45) is 16.6 Å². The highest BCUT2D eigenvalue weighted by Crippen LogP contribution is 2.16. The van der Waals surface area contributed by atoms with Crippen LogP contribution in [0.5, 0.6) is 0 Å². The van der Waals surface area contributed by atoms with Crippen molar-refractivity contribution in [3.8, 4) is 0 Å². The summed E-state index contributed by atoms with van der Waals surface area (Å²) in [5, 5.41) is 3.06. The van der Waals surface area contributed by atoms with E-state index in [9.17, 15) is 4.39 Å². The maximum Gasteiger partial charge on any atom is 0.188 e. The number of rotatable bonds is 6. The third-order valence-electron chi connectivity index (χ3n) is 2.69. The van der Waals surface area contributed by atoms with E-state index in [1.54, 1.807) is 12.1 Å². The molecule has 0 bridgehead atoms. The number of hydrogen-bond donors (Lipinski definition) is 2. The van der Waals surface area contributed by atoms with Crippen LogP contribution in [0.1, 0.15) is 25.8 Å². The third kappa shape index (κ3) is 8.04. The number of halogens is 3. The molecule has 0 fully saturated rings. The molecule has 0 radical (unpaired) electrons. The lowest BCUT2D eigenvalue weighted by atomic mass is 10.1. The summed E-state index contributed by atoms with van der Waals surface area (Å²) in [5.41, 5.74) is 6.80. The van der Waals surface area contributed by atoms with Crippen molar-refractivity contribution in [2.45, 2.75) is 26.7 Å². The van der Waals surface area contributed by atoms with Crippen molar-refractivity contribution in [1.29, 1.82) is 0 Å². The van der Waals surface area contributed by atoms with Crippen LogP contribution in [-0.4, -0.2) is 19.0 Å². The lowest BCUT2D eigenvalue weighted by molar-refractivity contribution is 0.595. The average molecular weight is 458 g/mol. The third-order valence-corrected chi connectivity index (χ3v) is 3.30. The molecule has 0 atom stereocenters. The van der Waals surface area contributed by atoms with Crippen LogP contribution in [0.3, 0.4) is 0 Å². The minimum atomic E-state index is -0.244. The Labute approximate surface area is 145 Å². The van der Waals surface area contributed by atoms with Gasteiger partial charge in [0.15, 0.2) is 5.96 Å². The SMILES string of the molecule is CC(C)CCN=C(N)NCCc1ccc(F)c(Br)c1.I. The quantitative estimate of drug-likeness (QED) is 0.388. The van der Waals surface area contributed by atoms with Crippen molar-refractivity contribution in [3.63, 3.8) is 0 Å². The van der Waals surface area contributed by atoms with Crippen molar-refractivity contribution in [3.05, 3.63) is 34.1 Å². The number of nitrogens with zero attached hydrogens (tertiary/aromatic N) is 1. The predicted octanol–water partition coefficient (Wildman–Crippen LogP) is 3.70. The summed E-state index contributed by atoms with van der Waals surface area (Å²) >= 11 is 3.17. The van der Waals surface area contributed by atoms with Crippen molar-refractivity contribution in [2.75, 3.05) is 13.1 Å². The second-order valence-electron chi connectivity index (χ2n) is 4.87. The van der Waals surface area contributed by atoms with E-state index >= 15 is 0 Å². The lowest BCUT2D eigenvalue weighted by Gasteiger charge is -2.07. The molecule has 0 amide bonds. The molecule has 0 aromatic heterocycles. The Morgan fingerprint density at radius 1 is 1.45 bits per heavy atom. The highest BCUT2D eigenvalue weighted by molar-refractivity contribution is 14.0. The largest absolute Gasteiger partial charge is 0.370 e. The van der Waals surface area contributed by atoms with Gasteiger partial charge in [-0.2, -0.15) is 0 Å². The van der Waals surface area contributed by atoms with Gasteiger partial charge in [-0.1, -0.05) is 19.9 Å². The van der Waals surface area contributed by atoms with E-state index in [0.717, 1.165) is 24.9 Å². The van der Waals surface area contributed by atoms with Gasteiger partial charge in [-0.05, 0) is 52.4 Å². The summed E-state index contributed by atoms with van der Waals surface area (Å²) in [7, 11) is 0. The highest BCUT2D eigenvalue weighted by atomic mass is 127. The summed E-state index contributed by atoms with van der Waals surface area (Å²) in [4.78, 5) is 4.24. The van der Waals surface area contributed by atoms with Gasteiger partial charge >= 0.3 is 0 Å². The first kappa shape index (κ1) is 19.6.